The molecule has 128 valence electrons. The van der Waals surface area contributed by atoms with Crippen LogP contribution in [0.25, 0.3) is 0 Å². The van der Waals surface area contributed by atoms with E-state index in [-0.39, 0.29) is 5.91 Å². The molecule has 0 saturated carbocycles. The molecule has 1 amide bonds. The number of hydrogen-bond donors (Lipinski definition) is 1. The first-order chi connectivity index (χ1) is 11.8. The van der Waals surface area contributed by atoms with Gasteiger partial charge in [-0.1, -0.05) is 11.8 Å². The molecule has 0 bridgehead atoms. The number of piperidine rings is 1. The second-order valence-electron chi connectivity index (χ2n) is 5.93. The largest absolute Gasteiger partial charge is 0.372 e. The van der Waals surface area contributed by atoms with Crippen LogP contribution in [0.3, 0.4) is 0 Å². The van der Waals surface area contributed by atoms with E-state index in [1.807, 2.05) is 22.9 Å². The average molecular weight is 344 g/mol. The zero-order valence-electron chi connectivity index (χ0n) is 14.1. The number of aromatic nitrogens is 2. The molecule has 1 aromatic carbocycles. The summed E-state index contributed by atoms with van der Waals surface area (Å²) in [5.41, 5.74) is 2.09. The van der Waals surface area contributed by atoms with Crippen molar-refractivity contribution in [3.63, 3.8) is 0 Å². The molecule has 0 unspecified atom stereocenters. The zero-order valence-corrected chi connectivity index (χ0v) is 14.9. The quantitative estimate of drug-likeness (QED) is 0.813. The van der Waals surface area contributed by atoms with Gasteiger partial charge in [0.15, 0.2) is 5.16 Å². The minimum atomic E-state index is -0.00336. The van der Waals surface area contributed by atoms with Crippen molar-refractivity contribution in [2.24, 2.45) is 0 Å². The highest BCUT2D eigenvalue weighted by atomic mass is 32.2. The summed E-state index contributed by atoms with van der Waals surface area (Å²) in [6.07, 6.45) is 7.56. The third kappa shape index (κ3) is 4.32. The van der Waals surface area contributed by atoms with Crippen molar-refractivity contribution in [2.75, 3.05) is 29.1 Å². The van der Waals surface area contributed by atoms with E-state index >= 15 is 0 Å². The van der Waals surface area contributed by atoms with Gasteiger partial charge in [0.2, 0.25) is 5.91 Å². The maximum atomic E-state index is 12.1. The third-order valence-electron chi connectivity index (χ3n) is 4.22. The monoisotopic (exact) mass is 344 g/mol. The Balaban J connectivity index is 1.51. The molecule has 1 aromatic heterocycles. The van der Waals surface area contributed by atoms with E-state index in [2.05, 4.69) is 34.3 Å². The fourth-order valence-electron chi connectivity index (χ4n) is 2.91. The number of anilines is 2. The Morgan fingerprint density at radius 2 is 1.96 bits per heavy atom. The molecular formula is C18H24N4OS. The van der Waals surface area contributed by atoms with E-state index in [4.69, 9.17) is 0 Å². The molecule has 24 heavy (non-hydrogen) atoms. The predicted molar refractivity (Wildman–Crippen MR) is 99.8 cm³/mol. The van der Waals surface area contributed by atoms with Gasteiger partial charge in [0.1, 0.15) is 0 Å². The summed E-state index contributed by atoms with van der Waals surface area (Å²) in [5, 5.41) is 3.84. The second kappa shape index (κ2) is 8.24. The van der Waals surface area contributed by atoms with E-state index < -0.39 is 0 Å². The van der Waals surface area contributed by atoms with E-state index in [0.717, 1.165) is 30.5 Å². The van der Waals surface area contributed by atoms with Crippen LogP contribution >= 0.6 is 11.8 Å². The van der Waals surface area contributed by atoms with Gasteiger partial charge in [0, 0.05) is 43.4 Å². The Kier molecular flexibility index (Phi) is 5.80. The first-order valence-electron chi connectivity index (χ1n) is 8.55. The molecule has 1 aliphatic rings. The summed E-state index contributed by atoms with van der Waals surface area (Å²) in [4.78, 5) is 18.8. The molecule has 2 heterocycles. The molecule has 3 rings (SSSR count). The van der Waals surface area contributed by atoms with Gasteiger partial charge in [-0.05, 0) is 50.5 Å². The molecule has 5 nitrogen and oxygen atoms in total. The van der Waals surface area contributed by atoms with Gasteiger partial charge in [-0.3, -0.25) is 4.79 Å². The van der Waals surface area contributed by atoms with Gasteiger partial charge in [-0.2, -0.15) is 0 Å². The van der Waals surface area contributed by atoms with Crippen molar-refractivity contribution in [3.8, 4) is 0 Å². The topological polar surface area (TPSA) is 50.2 Å². The van der Waals surface area contributed by atoms with Gasteiger partial charge in [0.25, 0.3) is 0 Å². The highest BCUT2D eigenvalue weighted by Gasteiger charge is 2.11. The Hall–Kier alpha value is -1.95. The molecule has 0 atom stereocenters. The minimum absolute atomic E-state index is 0.00336. The molecule has 1 saturated heterocycles. The Morgan fingerprint density at radius 3 is 2.67 bits per heavy atom. The number of imidazole rings is 1. The molecule has 0 radical (unpaired) electrons. The van der Waals surface area contributed by atoms with Crippen LogP contribution in [0.4, 0.5) is 11.4 Å². The molecule has 1 aliphatic heterocycles. The normalized spacial score (nSPS) is 14.6. The van der Waals surface area contributed by atoms with Crippen LogP contribution in [0.2, 0.25) is 0 Å². The van der Waals surface area contributed by atoms with Crippen molar-refractivity contribution in [2.45, 2.75) is 37.9 Å². The number of carbonyl (C=O) groups is 1. The maximum Gasteiger partial charge on any atom is 0.234 e. The lowest BCUT2D eigenvalue weighted by atomic mass is 10.1. The van der Waals surface area contributed by atoms with Crippen LogP contribution in [0, 0.1) is 0 Å². The lowest BCUT2D eigenvalue weighted by Gasteiger charge is -2.28. The summed E-state index contributed by atoms with van der Waals surface area (Å²) in [6, 6.07) is 8.16. The molecule has 1 N–H and O–H groups in total. The Bertz CT molecular complexity index is 662. The van der Waals surface area contributed by atoms with E-state index in [1.54, 1.807) is 6.20 Å². The highest BCUT2D eigenvalue weighted by Crippen LogP contribution is 2.22. The minimum Gasteiger partial charge on any atom is -0.372 e. The lowest BCUT2D eigenvalue weighted by Crippen LogP contribution is -2.29. The standard InChI is InChI=1S/C18H24N4OS/c1-2-21-13-10-19-18(21)24-14-17(23)20-15-6-8-16(9-7-15)22-11-4-3-5-12-22/h6-10,13H,2-5,11-12,14H2,1H3,(H,20,23). The maximum absolute atomic E-state index is 12.1. The molecular weight excluding hydrogens is 320 g/mol. The fraction of sp³-hybridized carbons (Fsp3) is 0.444. The third-order valence-corrected chi connectivity index (χ3v) is 5.23. The van der Waals surface area contributed by atoms with Crippen molar-refractivity contribution >= 4 is 29.0 Å². The van der Waals surface area contributed by atoms with Crippen molar-refractivity contribution < 1.29 is 4.79 Å². The number of thioether (sulfide) groups is 1. The van der Waals surface area contributed by atoms with Crippen LogP contribution < -0.4 is 10.2 Å². The van der Waals surface area contributed by atoms with Crippen LogP contribution in [0.1, 0.15) is 26.2 Å². The summed E-state index contributed by atoms with van der Waals surface area (Å²) in [5.74, 6) is 0.363. The van der Waals surface area contributed by atoms with Gasteiger partial charge >= 0.3 is 0 Å². The average Bonchev–Trinajstić information content (AvgIpc) is 3.09. The van der Waals surface area contributed by atoms with Crippen LogP contribution in [0.5, 0.6) is 0 Å². The molecule has 1 fully saturated rings. The first-order valence-corrected chi connectivity index (χ1v) is 9.53. The fourth-order valence-corrected chi connectivity index (χ4v) is 3.73. The second-order valence-corrected chi connectivity index (χ2v) is 6.87. The molecule has 0 aliphatic carbocycles. The SMILES string of the molecule is CCn1ccnc1SCC(=O)Nc1ccc(N2CCCCC2)cc1. The van der Waals surface area contributed by atoms with Crippen LogP contribution in [0.15, 0.2) is 41.8 Å². The number of carbonyl (C=O) groups excluding carboxylic acids is 1. The van der Waals surface area contributed by atoms with Gasteiger partial charge < -0.3 is 14.8 Å². The number of rotatable bonds is 6. The van der Waals surface area contributed by atoms with Crippen molar-refractivity contribution in [1.29, 1.82) is 0 Å². The summed E-state index contributed by atoms with van der Waals surface area (Å²) in [6.45, 7) is 5.19. The number of hydrogen-bond acceptors (Lipinski definition) is 4. The lowest BCUT2D eigenvalue weighted by molar-refractivity contribution is -0.113. The number of aryl methyl sites for hydroxylation is 1. The zero-order chi connectivity index (χ0) is 16.8. The Labute approximate surface area is 147 Å². The van der Waals surface area contributed by atoms with Crippen LogP contribution in [-0.4, -0.2) is 34.3 Å². The highest BCUT2D eigenvalue weighted by molar-refractivity contribution is 7.99. The number of benzene rings is 1. The number of nitrogens with one attached hydrogen (secondary N) is 1. The number of amides is 1. The van der Waals surface area contributed by atoms with Gasteiger partial charge in [-0.25, -0.2) is 4.98 Å². The predicted octanol–water partition coefficient (Wildman–Crippen LogP) is 3.62. The van der Waals surface area contributed by atoms with Crippen LogP contribution in [-0.2, 0) is 11.3 Å². The van der Waals surface area contributed by atoms with Gasteiger partial charge in [0.05, 0.1) is 5.75 Å². The summed E-state index contributed by atoms with van der Waals surface area (Å²) < 4.78 is 2.03. The van der Waals surface area contributed by atoms with E-state index in [0.29, 0.717) is 5.75 Å². The number of nitrogens with zero attached hydrogens (tertiary/aromatic N) is 3. The van der Waals surface area contributed by atoms with Crippen molar-refractivity contribution in [3.05, 3.63) is 36.7 Å². The molecule has 2 aromatic rings. The van der Waals surface area contributed by atoms with Crippen molar-refractivity contribution in [1.82, 2.24) is 9.55 Å². The Morgan fingerprint density at radius 1 is 1.21 bits per heavy atom. The molecule has 6 heteroatoms. The van der Waals surface area contributed by atoms with Gasteiger partial charge in [-0.15, -0.1) is 0 Å². The van der Waals surface area contributed by atoms with E-state index in [9.17, 15) is 4.79 Å². The molecule has 0 spiro atoms. The van der Waals surface area contributed by atoms with E-state index in [1.165, 1.54) is 36.7 Å². The summed E-state index contributed by atoms with van der Waals surface area (Å²) in [7, 11) is 0. The summed E-state index contributed by atoms with van der Waals surface area (Å²) >= 11 is 1.46. The first kappa shape index (κ1) is 16.9. The smallest absolute Gasteiger partial charge is 0.234 e.